The Balaban J connectivity index is 0.00000128. The highest BCUT2D eigenvalue weighted by Crippen LogP contribution is 2.04. The lowest BCUT2D eigenvalue weighted by Crippen LogP contribution is -2.33. The van der Waals surface area contributed by atoms with Crippen molar-refractivity contribution in [2.75, 3.05) is 13.1 Å². The van der Waals surface area contributed by atoms with Crippen LogP contribution in [0.15, 0.2) is 29.3 Å². The van der Waals surface area contributed by atoms with Crippen molar-refractivity contribution < 1.29 is 0 Å². The van der Waals surface area contributed by atoms with E-state index in [9.17, 15) is 0 Å². The predicted molar refractivity (Wildman–Crippen MR) is 73.3 cm³/mol. The Labute approximate surface area is 107 Å². The van der Waals surface area contributed by atoms with Crippen molar-refractivity contribution in [2.24, 2.45) is 4.99 Å². The number of aliphatic imine (C=N–C) groups is 1. The molecule has 2 rings (SSSR count). The molecule has 0 amide bonds. The zero-order valence-corrected chi connectivity index (χ0v) is 11.2. The van der Waals surface area contributed by atoms with Gasteiger partial charge in [-0.1, -0.05) is 31.2 Å². The van der Waals surface area contributed by atoms with E-state index in [4.69, 9.17) is 0 Å². The summed E-state index contributed by atoms with van der Waals surface area (Å²) in [5.74, 6) is 0.926. The summed E-state index contributed by atoms with van der Waals surface area (Å²) in [5.41, 5.74) is 2.68. The van der Waals surface area contributed by atoms with E-state index in [0.717, 1.165) is 32.0 Å². The van der Waals surface area contributed by atoms with Gasteiger partial charge in [-0.05, 0) is 17.5 Å². The molecular formula is C12H18BrN3. The molecule has 0 bridgehead atoms. The highest BCUT2D eigenvalue weighted by atomic mass is 79.9. The van der Waals surface area contributed by atoms with Gasteiger partial charge in [0.25, 0.3) is 0 Å². The van der Waals surface area contributed by atoms with Crippen LogP contribution in [0.1, 0.15) is 18.1 Å². The second kappa shape index (κ2) is 6.53. The van der Waals surface area contributed by atoms with Crippen LogP contribution in [-0.4, -0.2) is 19.0 Å². The molecule has 0 radical (unpaired) electrons. The van der Waals surface area contributed by atoms with Crippen LogP contribution in [0.25, 0.3) is 0 Å². The largest absolute Gasteiger partial charge is 0.355 e. The minimum absolute atomic E-state index is 0. The second-order valence-corrected chi connectivity index (χ2v) is 3.68. The first kappa shape index (κ1) is 13.0. The van der Waals surface area contributed by atoms with E-state index in [0.29, 0.717) is 0 Å². The molecule has 4 heteroatoms. The fraction of sp³-hybridized carbons (Fsp3) is 0.417. The van der Waals surface area contributed by atoms with E-state index in [1.807, 2.05) is 0 Å². The third kappa shape index (κ3) is 3.52. The number of hydrogen-bond donors (Lipinski definition) is 2. The Bertz CT molecular complexity index is 346. The molecule has 0 saturated carbocycles. The van der Waals surface area contributed by atoms with E-state index < -0.39 is 0 Å². The first-order valence-electron chi connectivity index (χ1n) is 5.48. The zero-order valence-electron chi connectivity index (χ0n) is 9.49. The minimum atomic E-state index is 0. The molecule has 0 saturated heterocycles. The fourth-order valence-corrected chi connectivity index (χ4v) is 1.59. The molecule has 0 aliphatic carbocycles. The maximum absolute atomic E-state index is 4.28. The fourth-order valence-electron chi connectivity index (χ4n) is 1.59. The number of nitrogens with zero attached hydrogens (tertiary/aromatic N) is 1. The van der Waals surface area contributed by atoms with Crippen molar-refractivity contribution in [1.82, 2.24) is 10.6 Å². The Morgan fingerprint density at radius 2 is 1.94 bits per heavy atom. The topological polar surface area (TPSA) is 36.4 Å². The van der Waals surface area contributed by atoms with Gasteiger partial charge in [0.2, 0.25) is 0 Å². The second-order valence-electron chi connectivity index (χ2n) is 3.68. The Morgan fingerprint density at radius 3 is 2.50 bits per heavy atom. The summed E-state index contributed by atoms with van der Waals surface area (Å²) in [5, 5.41) is 6.46. The molecule has 1 aromatic carbocycles. The summed E-state index contributed by atoms with van der Waals surface area (Å²) in [4.78, 5) is 4.28. The number of halogens is 1. The number of nitrogens with one attached hydrogen (secondary N) is 2. The van der Waals surface area contributed by atoms with Crippen LogP contribution in [0.5, 0.6) is 0 Å². The van der Waals surface area contributed by atoms with Crippen molar-refractivity contribution in [2.45, 2.75) is 19.9 Å². The third-order valence-electron chi connectivity index (χ3n) is 2.57. The van der Waals surface area contributed by atoms with Crippen molar-refractivity contribution in [3.8, 4) is 0 Å². The van der Waals surface area contributed by atoms with Crippen LogP contribution in [0.4, 0.5) is 0 Å². The molecule has 1 aliphatic rings. The minimum Gasteiger partial charge on any atom is -0.355 e. The maximum Gasteiger partial charge on any atom is 0.191 e. The number of rotatable bonds is 3. The lowest BCUT2D eigenvalue weighted by Gasteiger charge is -2.06. The number of benzene rings is 1. The van der Waals surface area contributed by atoms with Crippen molar-refractivity contribution in [3.63, 3.8) is 0 Å². The van der Waals surface area contributed by atoms with E-state index in [1.165, 1.54) is 11.1 Å². The molecule has 88 valence electrons. The van der Waals surface area contributed by atoms with Crippen LogP contribution in [0.3, 0.4) is 0 Å². The van der Waals surface area contributed by atoms with E-state index in [-0.39, 0.29) is 17.0 Å². The summed E-state index contributed by atoms with van der Waals surface area (Å²) in [7, 11) is 0. The SMILES string of the molecule is Br.CCc1ccc(CNC2=NCCN2)cc1. The number of aryl methyl sites for hydroxylation is 1. The van der Waals surface area contributed by atoms with E-state index in [1.54, 1.807) is 0 Å². The van der Waals surface area contributed by atoms with Gasteiger partial charge in [-0.25, -0.2) is 0 Å². The standard InChI is InChI=1S/C12H17N3.BrH/c1-2-10-3-5-11(6-4-10)9-15-12-13-7-8-14-12;/h3-6H,2,7-9H2,1H3,(H2,13,14,15);1H. The Hall–Kier alpha value is -1.03. The Morgan fingerprint density at radius 1 is 1.25 bits per heavy atom. The van der Waals surface area contributed by atoms with E-state index in [2.05, 4.69) is 46.8 Å². The molecule has 2 N–H and O–H groups in total. The first-order chi connectivity index (χ1) is 7.38. The lowest BCUT2D eigenvalue weighted by atomic mass is 10.1. The van der Waals surface area contributed by atoms with Gasteiger partial charge in [-0.3, -0.25) is 4.99 Å². The molecule has 16 heavy (non-hydrogen) atoms. The smallest absolute Gasteiger partial charge is 0.191 e. The number of guanidine groups is 1. The van der Waals surface area contributed by atoms with Crippen LogP contribution in [0.2, 0.25) is 0 Å². The first-order valence-corrected chi connectivity index (χ1v) is 5.48. The molecule has 1 aromatic rings. The average molecular weight is 284 g/mol. The van der Waals surface area contributed by atoms with Gasteiger partial charge < -0.3 is 10.6 Å². The molecule has 0 aromatic heterocycles. The predicted octanol–water partition coefficient (Wildman–Crippen LogP) is 1.88. The van der Waals surface area contributed by atoms with Gasteiger partial charge >= 0.3 is 0 Å². The monoisotopic (exact) mass is 283 g/mol. The van der Waals surface area contributed by atoms with Crippen molar-refractivity contribution in [3.05, 3.63) is 35.4 Å². The average Bonchev–Trinajstić information content (AvgIpc) is 2.80. The zero-order chi connectivity index (χ0) is 10.5. The van der Waals surface area contributed by atoms with Crippen LogP contribution >= 0.6 is 17.0 Å². The molecule has 0 fully saturated rings. The van der Waals surface area contributed by atoms with Crippen LogP contribution in [-0.2, 0) is 13.0 Å². The summed E-state index contributed by atoms with van der Waals surface area (Å²) in [6, 6.07) is 8.70. The van der Waals surface area contributed by atoms with E-state index >= 15 is 0 Å². The van der Waals surface area contributed by atoms with Crippen molar-refractivity contribution in [1.29, 1.82) is 0 Å². The van der Waals surface area contributed by atoms with Gasteiger partial charge in [0.15, 0.2) is 5.96 Å². The molecule has 1 aliphatic heterocycles. The molecular weight excluding hydrogens is 266 g/mol. The summed E-state index contributed by atoms with van der Waals surface area (Å²) in [6.07, 6.45) is 1.10. The maximum atomic E-state index is 4.28. The van der Waals surface area contributed by atoms with Crippen LogP contribution < -0.4 is 10.6 Å². The molecule has 3 nitrogen and oxygen atoms in total. The highest BCUT2D eigenvalue weighted by Gasteiger charge is 2.03. The summed E-state index contributed by atoms with van der Waals surface area (Å²) in [6.45, 7) is 4.86. The van der Waals surface area contributed by atoms with Crippen molar-refractivity contribution >= 4 is 22.9 Å². The van der Waals surface area contributed by atoms with Gasteiger partial charge in [-0.2, -0.15) is 0 Å². The van der Waals surface area contributed by atoms with Gasteiger partial charge in [0.05, 0.1) is 6.54 Å². The van der Waals surface area contributed by atoms with Gasteiger partial charge in [0, 0.05) is 13.1 Å². The highest BCUT2D eigenvalue weighted by molar-refractivity contribution is 8.93. The molecule has 0 spiro atoms. The molecule has 0 unspecified atom stereocenters. The molecule has 1 heterocycles. The quantitative estimate of drug-likeness (QED) is 0.889. The summed E-state index contributed by atoms with van der Waals surface area (Å²) < 4.78 is 0. The number of hydrogen-bond acceptors (Lipinski definition) is 3. The lowest BCUT2D eigenvalue weighted by molar-refractivity contribution is 0.866. The third-order valence-corrected chi connectivity index (χ3v) is 2.57. The summed E-state index contributed by atoms with van der Waals surface area (Å²) >= 11 is 0. The normalized spacial score (nSPS) is 13.7. The molecule has 0 atom stereocenters. The Kier molecular flexibility index (Phi) is 5.32. The van der Waals surface area contributed by atoms with Gasteiger partial charge in [0.1, 0.15) is 0 Å². The van der Waals surface area contributed by atoms with Crippen LogP contribution in [0, 0.1) is 0 Å². The van der Waals surface area contributed by atoms with Gasteiger partial charge in [-0.15, -0.1) is 17.0 Å².